The van der Waals surface area contributed by atoms with Gasteiger partial charge >= 0.3 is 0 Å². The highest BCUT2D eigenvalue weighted by Gasteiger charge is 2.31. The van der Waals surface area contributed by atoms with Gasteiger partial charge in [-0.2, -0.15) is 0 Å². The van der Waals surface area contributed by atoms with Crippen LogP contribution in [0.1, 0.15) is 26.2 Å². The first-order chi connectivity index (χ1) is 4.84. The van der Waals surface area contributed by atoms with E-state index in [0.29, 0.717) is 0 Å². The van der Waals surface area contributed by atoms with Crippen LogP contribution >= 0.6 is 0 Å². The number of carbonyl (C=O) groups excluding carboxylic acids is 1. The number of hydrogen-bond donors (Lipinski definition) is 1. The molecular weight excluding hydrogens is 126 g/mol. The summed E-state index contributed by atoms with van der Waals surface area (Å²) in [6.07, 6.45) is 3.39. The van der Waals surface area contributed by atoms with Crippen molar-refractivity contribution in [3.05, 3.63) is 13.2 Å². The summed E-state index contributed by atoms with van der Waals surface area (Å²) in [7, 11) is 0. The molecule has 0 saturated carbocycles. The Bertz CT molecular complexity index is 112. The van der Waals surface area contributed by atoms with E-state index >= 15 is 0 Å². The van der Waals surface area contributed by atoms with Gasteiger partial charge in [-0.15, -0.1) is 13.2 Å². The van der Waals surface area contributed by atoms with E-state index in [1.807, 2.05) is 0 Å². The van der Waals surface area contributed by atoms with Crippen molar-refractivity contribution >= 4 is 5.91 Å². The van der Waals surface area contributed by atoms with Gasteiger partial charge in [-0.1, -0.05) is 19.8 Å². The van der Waals surface area contributed by atoms with Gasteiger partial charge in [-0.25, -0.2) is 0 Å². The van der Waals surface area contributed by atoms with Gasteiger partial charge in [0.25, 0.3) is 0 Å². The number of nitrogens with one attached hydrogen (secondary N) is 1. The zero-order valence-electron chi connectivity index (χ0n) is 6.52. The number of rotatable bonds is 3. The zero-order chi connectivity index (χ0) is 7.98. The number of hydrogen-bond acceptors (Lipinski definition) is 1. The minimum atomic E-state index is 0.231. The standard InChI is InChI=1S/C6H11NO.C2H4/c1-2-3-4-5-6(8)7-5;1-2/h5H,2-4H2,1H3,(H,7,8);1-2H2. The van der Waals surface area contributed by atoms with Crippen molar-refractivity contribution in [2.45, 2.75) is 32.2 Å². The van der Waals surface area contributed by atoms with E-state index in [9.17, 15) is 4.79 Å². The maximum atomic E-state index is 10.3. The second-order valence-corrected chi connectivity index (χ2v) is 2.20. The molecule has 0 aromatic carbocycles. The molecule has 10 heavy (non-hydrogen) atoms. The van der Waals surface area contributed by atoms with Gasteiger partial charge in [0, 0.05) is 0 Å². The Balaban J connectivity index is 0.000000371. The molecule has 58 valence electrons. The predicted molar refractivity (Wildman–Crippen MR) is 42.7 cm³/mol. The van der Waals surface area contributed by atoms with E-state index in [1.54, 1.807) is 0 Å². The molecule has 0 aromatic heterocycles. The molecule has 1 unspecified atom stereocenters. The second-order valence-electron chi connectivity index (χ2n) is 2.20. The summed E-state index contributed by atoms with van der Waals surface area (Å²) in [6, 6.07) is 0.231. The molecule has 0 bridgehead atoms. The lowest BCUT2D eigenvalue weighted by atomic mass is 10.2. The quantitative estimate of drug-likeness (QED) is 0.469. The van der Waals surface area contributed by atoms with Crippen LogP contribution in [0, 0.1) is 0 Å². The fourth-order valence-electron chi connectivity index (χ4n) is 0.742. The average Bonchev–Trinajstić information content (AvgIpc) is 2.67. The number of unbranched alkanes of at least 4 members (excludes halogenated alkanes) is 1. The summed E-state index contributed by atoms with van der Waals surface area (Å²) in [5, 5.41) is 2.73. The molecule has 1 amide bonds. The van der Waals surface area contributed by atoms with Crippen LogP contribution in [-0.4, -0.2) is 11.9 Å². The highest BCUT2D eigenvalue weighted by molar-refractivity contribution is 5.96. The average molecular weight is 141 g/mol. The Hall–Kier alpha value is -0.790. The Morgan fingerprint density at radius 1 is 1.60 bits per heavy atom. The van der Waals surface area contributed by atoms with Gasteiger partial charge in [0.1, 0.15) is 6.04 Å². The van der Waals surface area contributed by atoms with E-state index < -0.39 is 0 Å². The van der Waals surface area contributed by atoms with Crippen molar-refractivity contribution < 1.29 is 4.79 Å². The molecule has 1 aliphatic rings. The fourth-order valence-corrected chi connectivity index (χ4v) is 0.742. The van der Waals surface area contributed by atoms with E-state index in [4.69, 9.17) is 0 Å². The molecule has 1 rings (SSSR count). The first-order valence-corrected chi connectivity index (χ1v) is 3.65. The molecule has 0 aromatic rings. The zero-order valence-corrected chi connectivity index (χ0v) is 6.52. The first kappa shape index (κ1) is 9.21. The molecule has 0 aliphatic carbocycles. The Labute approximate surface area is 62.3 Å². The number of carbonyl (C=O) groups is 1. The van der Waals surface area contributed by atoms with Crippen molar-refractivity contribution in [1.29, 1.82) is 0 Å². The predicted octanol–water partition coefficient (Wildman–Crippen LogP) is 1.48. The lowest BCUT2D eigenvalue weighted by molar-refractivity contribution is -0.111. The third-order valence-electron chi connectivity index (χ3n) is 1.40. The van der Waals surface area contributed by atoms with Gasteiger partial charge in [-0.05, 0) is 6.42 Å². The fraction of sp³-hybridized carbons (Fsp3) is 0.625. The molecular formula is C8H15NO. The molecule has 1 atom stereocenters. The summed E-state index contributed by atoms with van der Waals surface area (Å²) in [5.74, 6) is 0.235. The van der Waals surface area contributed by atoms with Crippen LogP contribution in [0.3, 0.4) is 0 Å². The van der Waals surface area contributed by atoms with Crippen LogP contribution in [0.5, 0.6) is 0 Å². The van der Waals surface area contributed by atoms with E-state index in [0.717, 1.165) is 6.42 Å². The van der Waals surface area contributed by atoms with Gasteiger partial charge in [0.2, 0.25) is 5.91 Å². The Morgan fingerprint density at radius 2 is 2.10 bits per heavy atom. The van der Waals surface area contributed by atoms with Crippen molar-refractivity contribution in [2.75, 3.05) is 0 Å². The molecule has 1 fully saturated rings. The largest absolute Gasteiger partial charge is 0.343 e. The van der Waals surface area contributed by atoms with Crippen LogP contribution in [0.2, 0.25) is 0 Å². The molecule has 2 heteroatoms. The van der Waals surface area contributed by atoms with Crippen molar-refractivity contribution in [1.82, 2.24) is 5.32 Å². The molecule has 2 nitrogen and oxygen atoms in total. The van der Waals surface area contributed by atoms with E-state index in [-0.39, 0.29) is 11.9 Å². The Morgan fingerprint density at radius 3 is 2.40 bits per heavy atom. The lowest BCUT2D eigenvalue weighted by Crippen LogP contribution is -1.88. The smallest absolute Gasteiger partial charge is 0.243 e. The van der Waals surface area contributed by atoms with Gasteiger partial charge < -0.3 is 5.32 Å². The maximum absolute atomic E-state index is 10.3. The molecule has 1 N–H and O–H groups in total. The van der Waals surface area contributed by atoms with E-state index in [2.05, 4.69) is 25.4 Å². The van der Waals surface area contributed by atoms with Crippen LogP contribution in [0.25, 0.3) is 0 Å². The first-order valence-electron chi connectivity index (χ1n) is 3.65. The second kappa shape index (κ2) is 5.03. The highest BCUT2D eigenvalue weighted by Crippen LogP contribution is 2.08. The van der Waals surface area contributed by atoms with Crippen molar-refractivity contribution in [2.24, 2.45) is 0 Å². The summed E-state index contributed by atoms with van der Waals surface area (Å²) >= 11 is 0. The maximum Gasteiger partial charge on any atom is 0.243 e. The van der Waals surface area contributed by atoms with Crippen LogP contribution in [-0.2, 0) is 4.79 Å². The summed E-state index contributed by atoms with van der Waals surface area (Å²) in [6.45, 7) is 8.13. The summed E-state index contributed by atoms with van der Waals surface area (Å²) in [4.78, 5) is 10.3. The Kier molecular flexibility index (Phi) is 4.63. The van der Waals surface area contributed by atoms with Crippen LogP contribution < -0.4 is 5.32 Å². The van der Waals surface area contributed by atoms with Gasteiger partial charge in [0.15, 0.2) is 0 Å². The number of amides is 1. The third-order valence-corrected chi connectivity index (χ3v) is 1.40. The van der Waals surface area contributed by atoms with E-state index in [1.165, 1.54) is 12.8 Å². The molecule has 0 radical (unpaired) electrons. The topological polar surface area (TPSA) is 39.0 Å². The normalized spacial score (nSPS) is 20.5. The highest BCUT2D eigenvalue weighted by atomic mass is 16.2. The van der Waals surface area contributed by atoms with Gasteiger partial charge in [0.05, 0.1) is 0 Å². The molecule has 1 aliphatic heterocycles. The monoisotopic (exact) mass is 141 g/mol. The molecule has 1 heterocycles. The molecule has 1 saturated heterocycles. The third kappa shape index (κ3) is 3.28. The van der Waals surface area contributed by atoms with Crippen LogP contribution in [0.15, 0.2) is 13.2 Å². The SMILES string of the molecule is C=C.CCCCC1NC1=O. The van der Waals surface area contributed by atoms with Gasteiger partial charge in [-0.3, -0.25) is 4.79 Å². The minimum absolute atomic E-state index is 0.231. The van der Waals surface area contributed by atoms with Crippen molar-refractivity contribution in [3.8, 4) is 0 Å². The molecule has 0 spiro atoms. The summed E-state index contributed by atoms with van der Waals surface area (Å²) < 4.78 is 0. The lowest BCUT2D eigenvalue weighted by Gasteiger charge is -1.86. The minimum Gasteiger partial charge on any atom is -0.343 e. The summed E-state index contributed by atoms with van der Waals surface area (Å²) in [5.41, 5.74) is 0. The van der Waals surface area contributed by atoms with Crippen molar-refractivity contribution in [3.63, 3.8) is 0 Å². The van der Waals surface area contributed by atoms with Crippen LogP contribution in [0.4, 0.5) is 0 Å².